The number of unbranched alkanes of at least 4 members (excludes halogenated alkanes) is 3. The highest BCUT2D eigenvalue weighted by Crippen LogP contribution is 2.25. The van der Waals surface area contributed by atoms with Gasteiger partial charge in [0.15, 0.2) is 0 Å². The van der Waals surface area contributed by atoms with Gasteiger partial charge in [0.2, 0.25) is 0 Å². The van der Waals surface area contributed by atoms with E-state index < -0.39 is 12.1 Å². The molecule has 2 N–H and O–H groups in total. The van der Waals surface area contributed by atoms with Gasteiger partial charge in [0.05, 0.1) is 11.5 Å². The standard InChI is InChI=1S/C21H32ClNO3/c1-4-5-6-7-8-17-21(19(24)11-14(2)12-20(25)26)16-10-9-15(22)13-18(16)23(17)3/h10,13-15,19,24H,4-9,11-12H2,1-3H3,(H,25,26). The number of aromatic nitrogens is 1. The Hall–Kier alpha value is -1.26. The highest BCUT2D eigenvalue weighted by molar-refractivity contribution is 6.24. The molecule has 0 saturated carbocycles. The number of nitrogens with zero attached hydrogens (tertiary/aromatic N) is 1. The lowest BCUT2D eigenvalue weighted by Crippen LogP contribution is -2.34. The molecular formula is C21H32ClNO3. The van der Waals surface area contributed by atoms with Crippen molar-refractivity contribution in [2.45, 2.75) is 76.7 Å². The highest BCUT2D eigenvalue weighted by atomic mass is 35.5. The minimum Gasteiger partial charge on any atom is -0.481 e. The number of halogens is 1. The molecule has 1 aliphatic rings. The Bertz CT molecular complexity index is 737. The zero-order valence-electron chi connectivity index (χ0n) is 16.2. The minimum absolute atomic E-state index is 0.0139. The van der Waals surface area contributed by atoms with Gasteiger partial charge in [0, 0.05) is 35.3 Å². The predicted octanol–water partition coefficient (Wildman–Crippen LogP) is 3.25. The van der Waals surface area contributed by atoms with Crippen LogP contribution >= 0.6 is 11.6 Å². The number of carbonyl (C=O) groups is 1. The second-order valence-corrected chi connectivity index (χ2v) is 8.17. The van der Waals surface area contributed by atoms with Crippen molar-refractivity contribution in [2.24, 2.45) is 13.0 Å². The minimum atomic E-state index is -0.815. The van der Waals surface area contributed by atoms with Crippen molar-refractivity contribution >= 4 is 29.7 Å². The van der Waals surface area contributed by atoms with Crippen LogP contribution in [0.3, 0.4) is 0 Å². The predicted molar refractivity (Wildman–Crippen MR) is 107 cm³/mol. The Kier molecular flexibility index (Phi) is 7.78. The fourth-order valence-corrected chi connectivity index (χ4v) is 4.17. The van der Waals surface area contributed by atoms with E-state index in [1.54, 1.807) is 0 Å². The van der Waals surface area contributed by atoms with Crippen molar-refractivity contribution in [2.75, 3.05) is 0 Å². The van der Waals surface area contributed by atoms with Crippen LogP contribution in [-0.4, -0.2) is 26.1 Å². The summed E-state index contributed by atoms with van der Waals surface area (Å²) in [4.78, 5) is 11.0. The first kappa shape index (κ1) is 21.0. The summed E-state index contributed by atoms with van der Waals surface area (Å²) in [5, 5.41) is 22.1. The lowest BCUT2D eigenvalue weighted by atomic mass is 9.93. The van der Waals surface area contributed by atoms with E-state index in [1.165, 1.54) is 25.0 Å². The van der Waals surface area contributed by atoms with E-state index in [0.29, 0.717) is 6.42 Å². The highest BCUT2D eigenvalue weighted by Gasteiger charge is 2.23. The van der Waals surface area contributed by atoms with Crippen molar-refractivity contribution in [1.82, 2.24) is 4.57 Å². The zero-order chi connectivity index (χ0) is 19.3. The van der Waals surface area contributed by atoms with Gasteiger partial charge in [-0.3, -0.25) is 4.79 Å². The smallest absolute Gasteiger partial charge is 0.303 e. The third kappa shape index (κ3) is 5.14. The number of alkyl halides is 1. The van der Waals surface area contributed by atoms with Crippen LogP contribution in [0, 0.1) is 5.92 Å². The van der Waals surface area contributed by atoms with Crippen molar-refractivity contribution in [3.63, 3.8) is 0 Å². The van der Waals surface area contributed by atoms with Gasteiger partial charge in [-0.15, -0.1) is 11.6 Å². The molecule has 1 aromatic rings. The third-order valence-corrected chi connectivity index (χ3v) is 5.58. The Morgan fingerprint density at radius 3 is 2.77 bits per heavy atom. The van der Waals surface area contributed by atoms with E-state index in [2.05, 4.69) is 23.6 Å². The fourth-order valence-electron chi connectivity index (χ4n) is 3.96. The summed E-state index contributed by atoms with van der Waals surface area (Å²) in [6.07, 6.45) is 10.5. The molecule has 1 heterocycles. The number of carboxylic acid groups (broad SMARTS) is 1. The summed E-state index contributed by atoms with van der Waals surface area (Å²) in [5.41, 5.74) is 2.15. The molecule has 0 spiro atoms. The van der Waals surface area contributed by atoms with Crippen molar-refractivity contribution in [3.05, 3.63) is 21.8 Å². The molecule has 1 aromatic heterocycles. The number of hydrogen-bond donors (Lipinski definition) is 2. The number of fused-ring (bicyclic) bond motifs is 1. The number of carboxylic acids is 1. The summed E-state index contributed by atoms with van der Waals surface area (Å²) in [7, 11) is 2.05. The van der Waals surface area contributed by atoms with Gasteiger partial charge in [0.1, 0.15) is 0 Å². The van der Waals surface area contributed by atoms with Gasteiger partial charge in [-0.2, -0.15) is 0 Å². The summed E-state index contributed by atoms with van der Waals surface area (Å²) in [6.45, 7) is 4.09. The van der Waals surface area contributed by atoms with E-state index in [9.17, 15) is 9.90 Å². The molecule has 3 atom stereocenters. The molecule has 3 unspecified atom stereocenters. The second-order valence-electron chi connectivity index (χ2n) is 7.61. The maximum absolute atomic E-state index is 11.0. The SMILES string of the molecule is CCCCCCc1c(C(O)CC(C)CC(=O)O)c2c(n1C)=CC(Cl)CC=2. The van der Waals surface area contributed by atoms with Crippen LogP contribution in [0.15, 0.2) is 0 Å². The topological polar surface area (TPSA) is 62.5 Å². The summed E-state index contributed by atoms with van der Waals surface area (Å²) in [6, 6.07) is 0. The van der Waals surface area contributed by atoms with Gasteiger partial charge in [-0.1, -0.05) is 39.2 Å². The number of aliphatic hydroxyl groups is 1. The van der Waals surface area contributed by atoms with Gasteiger partial charge < -0.3 is 14.8 Å². The molecule has 0 radical (unpaired) electrons. The first-order valence-corrected chi connectivity index (χ1v) is 10.2. The van der Waals surface area contributed by atoms with E-state index in [1.807, 2.05) is 14.0 Å². The first-order valence-electron chi connectivity index (χ1n) is 9.78. The van der Waals surface area contributed by atoms with Gasteiger partial charge in [-0.05, 0) is 37.7 Å². The van der Waals surface area contributed by atoms with Crippen LogP contribution in [0.1, 0.15) is 76.2 Å². The van der Waals surface area contributed by atoms with Crippen molar-refractivity contribution < 1.29 is 15.0 Å². The van der Waals surface area contributed by atoms with Gasteiger partial charge >= 0.3 is 5.97 Å². The number of rotatable bonds is 10. The Balaban J connectivity index is 2.34. The summed E-state index contributed by atoms with van der Waals surface area (Å²) >= 11 is 6.32. The van der Waals surface area contributed by atoms with E-state index in [4.69, 9.17) is 16.7 Å². The molecular weight excluding hydrogens is 350 g/mol. The van der Waals surface area contributed by atoms with Gasteiger partial charge in [0.25, 0.3) is 0 Å². The third-order valence-electron chi connectivity index (χ3n) is 5.28. The molecule has 0 bridgehead atoms. The molecule has 26 heavy (non-hydrogen) atoms. The molecule has 146 valence electrons. The van der Waals surface area contributed by atoms with Crippen molar-refractivity contribution in [1.29, 1.82) is 0 Å². The number of aliphatic carboxylic acids is 1. The average molecular weight is 382 g/mol. The molecule has 0 amide bonds. The number of aliphatic hydroxyl groups excluding tert-OH is 1. The molecule has 1 aliphatic carbocycles. The largest absolute Gasteiger partial charge is 0.481 e. The molecule has 0 fully saturated rings. The Labute approximate surface area is 161 Å². The molecule has 0 aromatic carbocycles. The fraction of sp³-hybridized carbons (Fsp3) is 0.667. The normalized spacial score (nSPS) is 18.6. The molecule has 0 aliphatic heterocycles. The van der Waals surface area contributed by atoms with Crippen LogP contribution in [0.25, 0.3) is 12.2 Å². The van der Waals surface area contributed by atoms with E-state index in [-0.39, 0.29) is 17.7 Å². The molecule has 4 nitrogen and oxygen atoms in total. The molecule has 5 heteroatoms. The Morgan fingerprint density at radius 2 is 2.12 bits per heavy atom. The van der Waals surface area contributed by atoms with E-state index >= 15 is 0 Å². The van der Waals surface area contributed by atoms with Crippen LogP contribution < -0.4 is 10.6 Å². The van der Waals surface area contributed by atoms with Crippen LogP contribution in [-0.2, 0) is 18.3 Å². The quantitative estimate of drug-likeness (QED) is 0.483. The summed E-state index contributed by atoms with van der Waals surface area (Å²) < 4.78 is 2.17. The Morgan fingerprint density at radius 1 is 1.38 bits per heavy atom. The summed E-state index contributed by atoms with van der Waals surface area (Å²) in [5.74, 6) is -0.885. The first-order chi connectivity index (χ1) is 12.3. The molecule has 0 saturated heterocycles. The maximum Gasteiger partial charge on any atom is 0.303 e. The second kappa shape index (κ2) is 9.61. The van der Waals surface area contributed by atoms with Crippen LogP contribution in [0.5, 0.6) is 0 Å². The zero-order valence-corrected chi connectivity index (χ0v) is 16.9. The van der Waals surface area contributed by atoms with E-state index in [0.717, 1.165) is 35.4 Å². The van der Waals surface area contributed by atoms with Crippen LogP contribution in [0.4, 0.5) is 0 Å². The lowest BCUT2D eigenvalue weighted by Gasteiger charge is -2.17. The maximum atomic E-state index is 11.0. The van der Waals surface area contributed by atoms with Crippen LogP contribution in [0.2, 0.25) is 0 Å². The average Bonchev–Trinajstić information content (AvgIpc) is 2.83. The number of hydrogen-bond acceptors (Lipinski definition) is 2. The monoisotopic (exact) mass is 381 g/mol. The molecule has 2 rings (SSSR count). The van der Waals surface area contributed by atoms with Gasteiger partial charge in [-0.25, -0.2) is 0 Å². The van der Waals surface area contributed by atoms with Crippen molar-refractivity contribution in [3.8, 4) is 0 Å². The lowest BCUT2D eigenvalue weighted by molar-refractivity contribution is -0.138.